The van der Waals surface area contributed by atoms with Gasteiger partial charge in [-0.25, -0.2) is 0 Å². The summed E-state index contributed by atoms with van der Waals surface area (Å²) in [6.07, 6.45) is -0.431. The van der Waals surface area contributed by atoms with Gasteiger partial charge in [0, 0.05) is 17.4 Å². The lowest BCUT2D eigenvalue weighted by Crippen LogP contribution is -2.56. The van der Waals surface area contributed by atoms with Gasteiger partial charge in [0.1, 0.15) is 31.2 Å². The van der Waals surface area contributed by atoms with E-state index in [1.807, 2.05) is 72.8 Å². The van der Waals surface area contributed by atoms with Crippen LogP contribution >= 0.6 is 15.9 Å². The maximum Gasteiger partial charge on any atom is 0.195 e. The van der Waals surface area contributed by atoms with Crippen LogP contribution in [0.1, 0.15) is 57.0 Å². The Bertz CT molecular complexity index is 2510. The zero-order chi connectivity index (χ0) is 43.4. The van der Waals surface area contributed by atoms with Crippen molar-refractivity contribution in [2.45, 2.75) is 69.9 Å². The van der Waals surface area contributed by atoms with E-state index >= 15 is 0 Å². The van der Waals surface area contributed by atoms with E-state index in [1.165, 1.54) is 11.1 Å². The Kier molecular flexibility index (Phi) is 14.6. The van der Waals surface area contributed by atoms with Crippen molar-refractivity contribution < 1.29 is 28.4 Å². The Labute approximate surface area is 385 Å². The summed E-state index contributed by atoms with van der Waals surface area (Å²) in [5.41, 5.74) is 9.91. The summed E-state index contributed by atoms with van der Waals surface area (Å²) in [7, 11) is 0. The molecule has 0 aliphatic carbocycles. The SMILES string of the molecule is Brc1ccc([C@@H]2O[C@](COCc3ccccc3)(OCc3ccccc3)C[C@@H](OCc3ccccc3)[C@@H]2OCc2ccccc2)cc1Cc1ccc2c(c1)N(Cc1ccccc1)CCO2. The topological polar surface area (TPSA) is 58.6 Å². The first-order valence-electron chi connectivity index (χ1n) is 22.2. The van der Waals surface area contributed by atoms with Gasteiger partial charge in [-0.15, -0.1) is 0 Å². The van der Waals surface area contributed by atoms with Gasteiger partial charge < -0.3 is 33.3 Å². The number of halogens is 1. The lowest BCUT2D eigenvalue weighted by molar-refractivity contribution is -0.350. The van der Waals surface area contributed by atoms with E-state index in [9.17, 15) is 0 Å². The second-order valence-corrected chi connectivity index (χ2v) is 17.4. The van der Waals surface area contributed by atoms with Crippen LogP contribution in [0, 0.1) is 0 Å². The highest BCUT2D eigenvalue weighted by Gasteiger charge is 2.50. The maximum atomic E-state index is 7.40. The Morgan fingerprint density at radius 2 is 1.16 bits per heavy atom. The lowest BCUT2D eigenvalue weighted by atomic mass is 9.89. The monoisotopic (exact) mass is 915 g/mol. The van der Waals surface area contributed by atoms with Crippen LogP contribution in [0.5, 0.6) is 5.75 Å². The van der Waals surface area contributed by atoms with Gasteiger partial charge in [-0.05, 0) is 69.1 Å². The molecule has 1 saturated heterocycles. The van der Waals surface area contributed by atoms with Gasteiger partial charge in [-0.1, -0.05) is 186 Å². The van der Waals surface area contributed by atoms with Gasteiger partial charge >= 0.3 is 0 Å². The minimum Gasteiger partial charge on any atom is -0.490 e. The fourth-order valence-corrected chi connectivity index (χ4v) is 8.94. The van der Waals surface area contributed by atoms with Crippen LogP contribution in [0.4, 0.5) is 5.69 Å². The predicted molar refractivity (Wildman–Crippen MR) is 255 cm³/mol. The van der Waals surface area contributed by atoms with Crippen LogP contribution in [0.15, 0.2) is 193 Å². The van der Waals surface area contributed by atoms with E-state index in [4.69, 9.17) is 28.4 Å². The zero-order valence-corrected chi connectivity index (χ0v) is 37.6. The highest BCUT2D eigenvalue weighted by molar-refractivity contribution is 9.10. The number of hydrogen-bond donors (Lipinski definition) is 0. The van der Waals surface area contributed by atoms with Gasteiger partial charge in [0.2, 0.25) is 0 Å². The standard InChI is InChI=1S/C56H54BrNO6/c57-50-28-27-48(34-49(50)32-47-26-29-52-51(33-47)58(30-31-60-52)36-42-16-6-1-7-17-42)54-55(62-39-45-22-12-4-13-23-45)53(61-38-44-20-10-3-11-21-44)35-56(64-54,63-40-46-24-14-5-15-25-46)41-59-37-43-18-8-2-9-19-43/h1-29,33-34,53-55H,30-32,35-41H2/t53-,54+,55+,56-/m1/s1. The quantitative estimate of drug-likeness (QED) is 0.0850. The van der Waals surface area contributed by atoms with Crippen molar-refractivity contribution in [2.75, 3.05) is 24.7 Å². The molecule has 0 amide bonds. The normalized spacial score (nSPS) is 19.5. The number of benzene rings is 7. The predicted octanol–water partition coefficient (Wildman–Crippen LogP) is 12.2. The third-order valence-electron chi connectivity index (χ3n) is 11.9. The second kappa shape index (κ2) is 21.4. The molecule has 64 heavy (non-hydrogen) atoms. The van der Waals surface area contributed by atoms with Crippen molar-refractivity contribution in [2.24, 2.45) is 0 Å². The highest BCUT2D eigenvalue weighted by Crippen LogP contribution is 2.44. The van der Waals surface area contributed by atoms with Gasteiger partial charge in [-0.2, -0.15) is 0 Å². The molecular formula is C56H54BrNO6. The van der Waals surface area contributed by atoms with E-state index in [0.717, 1.165) is 62.4 Å². The Morgan fingerprint density at radius 1 is 0.578 bits per heavy atom. The minimum absolute atomic E-state index is 0.182. The molecule has 0 saturated carbocycles. The Morgan fingerprint density at radius 3 is 1.80 bits per heavy atom. The number of hydrogen-bond acceptors (Lipinski definition) is 7. The van der Waals surface area contributed by atoms with Crippen LogP contribution in [0.3, 0.4) is 0 Å². The van der Waals surface area contributed by atoms with E-state index in [-0.39, 0.29) is 6.61 Å². The average molecular weight is 917 g/mol. The van der Waals surface area contributed by atoms with Crippen molar-refractivity contribution in [3.8, 4) is 5.75 Å². The van der Waals surface area contributed by atoms with Crippen LogP contribution in [0.25, 0.3) is 0 Å². The highest BCUT2D eigenvalue weighted by atomic mass is 79.9. The van der Waals surface area contributed by atoms with Gasteiger partial charge in [-0.3, -0.25) is 0 Å². The first kappa shape index (κ1) is 43.7. The number of anilines is 1. The van der Waals surface area contributed by atoms with Gasteiger partial charge in [0.15, 0.2) is 5.79 Å². The van der Waals surface area contributed by atoms with Gasteiger partial charge in [0.25, 0.3) is 0 Å². The lowest BCUT2D eigenvalue weighted by Gasteiger charge is -2.48. The fourth-order valence-electron chi connectivity index (χ4n) is 8.55. The van der Waals surface area contributed by atoms with E-state index in [1.54, 1.807) is 0 Å². The molecular weight excluding hydrogens is 863 g/mol. The smallest absolute Gasteiger partial charge is 0.195 e. The molecule has 7 aromatic rings. The third-order valence-corrected chi connectivity index (χ3v) is 12.7. The van der Waals surface area contributed by atoms with Crippen molar-refractivity contribution in [3.05, 3.63) is 237 Å². The molecule has 326 valence electrons. The molecule has 0 spiro atoms. The van der Waals surface area contributed by atoms with E-state index in [2.05, 4.69) is 136 Å². The van der Waals surface area contributed by atoms with Crippen molar-refractivity contribution in [3.63, 3.8) is 0 Å². The molecule has 7 nitrogen and oxygen atoms in total. The van der Waals surface area contributed by atoms with E-state index < -0.39 is 24.1 Å². The van der Waals surface area contributed by atoms with Crippen molar-refractivity contribution in [1.82, 2.24) is 0 Å². The number of ether oxygens (including phenoxy) is 6. The number of fused-ring (bicyclic) bond motifs is 1. The summed E-state index contributed by atoms with van der Waals surface area (Å²) in [4.78, 5) is 2.41. The molecule has 4 atom stereocenters. The fraction of sp³-hybridized carbons (Fsp3) is 0.250. The zero-order valence-electron chi connectivity index (χ0n) is 36.0. The molecule has 1 fully saturated rings. The van der Waals surface area contributed by atoms with Crippen LogP contribution in [-0.4, -0.2) is 37.8 Å². The first-order chi connectivity index (χ1) is 31.6. The number of rotatable bonds is 18. The second-order valence-electron chi connectivity index (χ2n) is 16.6. The van der Waals surface area contributed by atoms with Crippen LogP contribution in [-0.2, 0) is 63.1 Å². The molecule has 7 aromatic carbocycles. The van der Waals surface area contributed by atoms with Crippen LogP contribution < -0.4 is 9.64 Å². The van der Waals surface area contributed by atoms with Crippen molar-refractivity contribution >= 4 is 21.6 Å². The maximum absolute atomic E-state index is 7.40. The average Bonchev–Trinajstić information content (AvgIpc) is 3.35. The minimum atomic E-state index is -1.18. The molecule has 2 aliphatic rings. The molecule has 0 N–H and O–H groups in total. The summed E-state index contributed by atoms with van der Waals surface area (Å²) >= 11 is 3.94. The summed E-state index contributed by atoms with van der Waals surface area (Å²) in [5.74, 6) is -0.271. The summed E-state index contributed by atoms with van der Waals surface area (Å²) in [5, 5.41) is 0. The molecule has 0 bridgehead atoms. The summed E-state index contributed by atoms with van der Waals surface area (Å²) in [6, 6.07) is 64.7. The van der Waals surface area contributed by atoms with Crippen LogP contribution in [0.2, 0.25) is 0 Å². The molecule has 9 rings (SSSR count). The van der Waals surface area contributed by atoms with Crippen molar-refractivity contribution in [1.29, 1.82) is 0 Å². The summed E-state index contributed by atoms with van der Waals surface area (Å²) < 4.78 is 42.1. The van der Waals surface area contributed by atoms with E-state index in [0.29, 0.717) is 45.9 Å². The van der Waals surface area contributed by atoms with Gasteiger partial charge in [0.05, 0.1) is 44.8 Å². The largest absolute Gasteiger partial charge is 0.490 e. The first-order valence-corrected chi connectivity index (χ1v) is 23.0. The number of nitrogens with zero attached hydrogens (tertiary/aromatic N) is 1. The summed E-state index contributed by atoms with van der Waals surface area (Å²) in [6.45, 7) is 4.01. The molecule has 2 heterocycles. The third kappa shape index (κ3) is 11.4. The molecule has 8 heteroatoms. The molecule has 0 unspecified atom stereocenters. The molecule has 0 radical (unpaired) electrons. The molecule has 2 aliphatic heterocycles. The molecule has 0 aromatic heterocycles. The Balaban J connectivity index is 1.07. The Hall–Kier alpha value is -5.58.